The summed E-state index contributed by atoms with van der Waals surface area (Å²) in [5, 5.41) is 13.2. The van der Waals surface area contributed by atoms with Gasteiger partial charge in [-0.1, -0.05) is 22.7 Å². The average molecular weight is 321 g/mol. The third-order valence-electron chi connectivity index (χ3n) is 0.909. The number of H-pyrrole nitrogens is 2. The van der Waals surface area contributed by atoms with E-state index in [9.17, 15) is 0 Å². The summed E-state index contributed by atoms with van der Waals surface area (Å²) in [7, 11) is 0. The molecule has 0 aliphatic carbocycles. The van der Waals surface area contributed by atoms with Crippen LogP contribution in [0.4, 0.5) is 10.3 Å². The fraction of sp³-hybridized carbons (Fsp3) is 0. The van der Waals surface area contributed by atoms with E-state index in [2.05, 4.69) is 44.8 Å². The van der Waals surface area contributed by atoms with Gasteiger partial charge in [0.1, 0.15) is 0 Å². The SMILES string of the molecule is Nc1n[nH]c(=S)s1.Nc1n[nH]c(=S)s1.[Mn]. The van der Waals surface area contributed by atoms with Crippen LogP contribution in [0.1, 0.15) is 0 Å². The van der Waals surface area contributed by atoms with Crippen molar-refractivity contribution in [3.63, 3.8) is 0 Å². The Kier molecular flexibility index (Phi) is 6.89. The second kappa shape index (κ2) is 7.04. The molecule has 2 heterocycles. The van der Waals surface area contributed by atoms with Crippen LogP contribution in [0.3, 0.4) is 0 Å². The fourth-order valence-electron chi connectivity index (χ4n) is 0.483. The zero-order chi connectivity index (χ0) is 10.6. The van der Waals surface area contributed by atoms with Gasteiger partial charge >= 0.3 is 0 Å². The van der Waals surface area contributed by atoms with Crippen LogP contribution in [0.2, 0.25) is 0 Å². The molecule has 11 heteroatoms. The molecule has 0 saturated carbocycles. The molecule has 0 aliphatic rings. The van der Waals surface area contributed by atoms with Crippen LogP contribution in [0.15, 0.2) is 0 Å². The third kappa shape index (κ3) is 5.97. The molecule has 0 unspecified atom stereocenters. The predicted octanol–water partition coefficient (Wildman–Crippen LogP) is 1.56. The van der Waals surface area contributed by atoms with Crippen LogP contribution < -0.4 is 11.5 Å². The van der Waals surface area contributed by atoms with Gasteiger partial charge in [0, 0.05) is 17.1 Å². The molecule has 0 aliphatic heterocycles. The van der Waals surface area contributed by atoms with E-state index < -0.39 is 0 Å². The standard InChI is InChI=1S/2C2H3N3S2.Mn/c2*3-1-4-5-2(6)7-1;/h2*(H2,3,4)(H,5,6);. The number of anilines is 2. The molecule has 0 spiro atoms. The monoisotopic (exact) mass is 321 g/mol. The first-order valence-electron chi connectivity index (χ1n) is 3.20. The molecular weight excluding hydrogens is 315 g/mol. The van der Waals surface area contributed by atoms with Gasteiger partial charge in [-0.05, 0) is 24.4 Å². The summed E-state index contributed by atoms with van der Waals surface area (Å²) in [5.41, 5.74) is 10.4. The molecule has 6 nitrogen and oxygen atoms in total. The number of nitrogens with two attached hydrogens (primary N) is 2. The fourth-order valence-corrected chi connectivity index (χ4v) is 1.83. The van der Waals surface area contributed by atoms with Crippen molar-refractivity contribution in [2.45, 2.75) is 0 Å². The maximum absolute atomic E-state index is 5.19. The van der Waals surface area contributed by atoms with Crippen molar-refractivity contribution in [3.8, 4) is 0 Å². The molecule has 2 aromatic heterocycles. The van der Waals surface area contributed by atoms with Crippen molar-refractivity contribution in [3.05, 3.63) is 7.91 Å². The van der Waals surface area contributed by atoms with Crippen molar-refractivity contribution in [2.75, 3.05) is 11.5 Å². The summed E-state index contributed by atoms with van der Waals surface area (Å²) < 4.78 is 1.25. The van der Waals surface area contributed by atoms with E-state index in [0.29, 0.717) is 18.2 Å². The zero-order valence-electron chi connectivity index (χ0n) is 7.06. The number of rotatable bonds is 0. The Balaban J connectivity index is 0.000000245. The molecule has 6 N–H and O–H groups in total. The molecule has 0 saturated heterocycles. The average Bonchev–Trinajstić information content (AvgIpc) is 2.63. The second-order valence-electron chi connectivity index (χ2n) is 1.90. The molecule has 83 valence electrons. The number of aromatic nitrogens is 4. The number of hydrogen-bond acceptors (Lipinski definition) is 8. The quantitative estimate of drug-likeness (QED) is 0.433. The summed E-state index contributed by atoms with van der Waals surface area (Å²) in [6.07, 6.45) is 0. The molecule has 0 bridgehead atoms. The van der Waals surface area contributed by atoms with Gasteiger partial charge in [-0.15, -0.1) is 10.2 Å². The second-order valence-corrected chi connectivity index (χ2v) is 5.30. The molecular formula is C4H6MnN6S4. The number of nitrogens with zero attached hydrogens (tertiary/aromatic N) is 2. The smallest absolute Gasteiger partial charge is 0.201 e. The molecule has 0 fully saturated rings. The Morgan fingerprint density at radius 1 is 0.933 bits per heavy atom. The minimum absolute atomic E-state index is 0. The van der Waals surface area contributed by atoms with Crippen molar-refractivity contribution in [1.82, 2.24) is 20.4 Å². The maximum atomic E-state index is 5.19. The summed E-state index contributed by atoms with van der Waals surface area (Å²) in [6.45, 7) is 0. The van der Waals surface area contributed by atoms with Gasteiger partial charge in [-0.2, -0.15) is 0 Å². The predicted molar refractivity (Wildman–Crippen MR) is 63.4 cm³/mol. The van der Waals surface area contributed by atoms with E-state index in [4.69, 9.17) is 11.5 Å². The Morgan fingerprint density at radius 3 is 1.33 bits per heavy atom. The van der Waals surface area contributed by atoms with E-state index in [-0.39, 0.29) is 17.1 Å². The first-order valence-corrected chi connectivity index (χ1v) is 5.65. The minimum atomic E-state index is 0. The molecule has 0 atom stereocenters. The molecule has 2 rings (SSSR count). The molecule has 0 aromatic carbocycles. The van der Waals surface area contributed by atoms with Crippen LogP contribution in [-0.2, 0) is 17.1 Å². The van der Waals surface area contributed by atoms with Gasteiger partial charge in [-0.25, -0.2) is 0 Å². The maximum Gasteiger partial charge on any atom is 0.201 e. The van der Waals surface area contributed by atoms with Crippen LogP contribution in [0.5, 0.6) is 0 Å². The first-order chi connectivity index (χ1) is 6.58. The van der Waals surface area contributed by atoms with Gasteiger partial charge in [-0.3, -0.25) is 10.2 Å². The number of nitrogens with one attached hydrogen (secondary N) is 2. The Hall–Kier alpha value is -0.321. The number of nitrogen functional groups attached to an aromatic ring is 2. The zero-order valence-corrected chi connectivity index (χ0v) is 11.5. The van der Waals surface area contributed by atoms with E-state index in [1.54, 1.807) is 0 Å². The minimum Gasteiger partial charge on any atom is -0.374 e. The summed E-state index contributed by atoms with van der Waals surface area (Å²) in [4.78, 5) is 0. The van der Waals surface area contributed by atoms with Crippen LogP contribution >= 0.6 is 47.1 Å². The van der Waals surface area contributed by atoms with Gasteiger partial charge < -0.3 is 11.5 Å². The van der Waals surface area contributed by atoms with Gasteiger partial charge in [0.15, 0.2) is 7.91 Å². The van der Waals surface area contributed by atoms with Crippen molar-refractivity contribution in [1.29, 1.82) is 0 Å². The summed E-state index contributed by atoms with van der Waals surface area (Å²) >= 11 is 11.8. The number of aromatic amines is 2. The van der Waals surface area contributed by atoms with Crippen LogP contribution in [-0.4, -0.2) is 20.4 Å². The largest absolute Gasteiger partial charge is 0.374 e. The molecule has 0 amide bonds. The van der Waals surface area contributed by atoms with Crippen molar-refractivity contribution < 1.29 is 17.1 Å². The Labute approximate surface area is 114 Å². The molecule has 1 radical (unpaired) electrons. The van der Waals surface area contributed by atoms with E-state index >= 15 is 0 Å². The normalized spacial score (nSPS) is 8.53. The van der Waals surface area contributed by atoms with Gasteiger partial charge in [0.2, 0.25) is 10.3 Å². The topological polar surface area (TPSA) is 109 Å². The molecule has 2 aromatic rings. The van der Waals surface area contributed by atoms with Crippen LogP contribution in [0.25, 0.3) is 0 Å². The van der Waals surface area contributed by atoms with Crippen molar-refractivity contribution in [2.24, 2.45) is 0 Å². The summed E-state index contributed by atoms with van der Waals surface area (Å²) in [5.74, 6) is 0. The third-order valence-corrected chi connectivity index (χ3v) is 2.75. The van der Waals surface area contributed by atoms with Gasteiger partial charge in [0.25, 0.3) is 0 Å². The van der Waals surface area contributed by atoms with Crippen molar-refractivity contribution >= 4 is 57.4 Å². The Morgan fingerprint density at radius 2 is 1.27 bits per heavy atom. The Bertz CT molecular complexity index is 449. The van der Waals surface area contributed by atoms with E-state index in [1.165, 1.54) is 22.7 Å². The molecule has 15 heavy (non-hydrogen) atoms. The summed E-state index contributed by atoms with van der Waals surface area (Å²) in [6, 6.07) is 0. The first kappa shape index (κ1) is 14.7. The van der Waals surface area contributed by atoms with E-state index in [0.717, 1.165) is 0 Å². The number of hydrogen-bond donors (Lipinski definition) is 4. The van der Waals surface area contributed by atoms with Gasteiger partial charge in [0.05, 0.1) is 0 Å². The van der Waals surface area contributed by atoms with E-state index in [1.807, 2.05) is 0 Å². The van der Waals surface area contributed by atoms with Crippen LogP contribution in [0, 0.1) is 7.91 Å².